The zero-order chi connectivity index (χ0) is 23.3. The maximum absolute atomic E-state index is 12.0. The highest BCUT2D eigenvalue weighted by atomic mass is 32.2. The number of hydrogen-bond donors (Lipinski definition) is 3. The van der Waals surface area contributed by atoms with Crippen LogP contribution >= 0.6 is 11.3 Å². The van der Waals surface area contributed by atoms with Crippen LogP contribution in [0, 0.1) is 21.4 Å². The Bertz CT molecular complexity index is 1370. The van der Waals surface area contributed by atoms with Gasteiger partial charge in [0, 0.05) is 35.0 Å². The van der Waals surface area contributed by atoms with E-state index in [9.17, 15) is 23.8 Å². The van der Waals surface area contributed by atoms with Crippen molar-refractivity contribution >= 4 is 44.3 Å². The fourth-order valence-electron chi connectivity index (χ4n) is 2.52. The van der Waals surface area contributed by atoms with Crippen LogP contribution < -0.4 is 16.8 Å². The highest BCUT2D eigenvalue weighted by Crippen LogP contribution is 2.28. The van der Waals surface area contributed by atoms with Gasteiger partial charge in [-0.25, -0.2) is 4.98 Å². The van der Waals surface area contributed by atoms with E-state index < -0.39 is 20.9 Å². The number of nitrogens with zero attached hydrogens (tertiary/aromatic N) is 4. The molecule has 0 atom stereocenters. The monoisotopic (exact) mass is 469 g/mol. The van der Waals surface area contributed by atoms with Gasteiger partial charge in [0.25, 0.3) is 15.7 Å². The Morgan fingerprint density at radius 2 is 1.97 bits per heavy atom. The molecule has 32 heavy (non-hydrogen) atoms. The summed E-state index contributed by atoms with van der Waals surface area (Å²) in [6, 6.07) is 13.7. The average Bonchev–Trinajstić information content (AvgIpc) is 3.24. The third kappa shape index (κ3) is 5.25. The van der Waals surface area contributed by atoms with E-state index >= 15 is 0 Å². The van der Waals surface area contributed by atoms with Gasteiger partial charge in [-0.05, 0) is 24.3 Å². The van der Waals surface area contributed by atoms with E-state index in [1.165, 1.54) is 53.9 Å². The lowest BCUT2D eigenvalue weighted by Crippen LogP contribution is -2.24. The minimum Gasteiger partial charge on any atom is -0.369 e. The lowest BCUT2D eigenvalue weighted by Gasteiger charge is -2.03. The van der Waals surface area contributed by atoms with Gasteiger partial charge in [-0.2, -0.15) is 13.7 Å². The molecule has 0 fully saturated rings. The van der Waals surface area contributed by atoms with E-state index in [4.69, 9.17) is 11.5 Å². The molecule has 0 aliphatic rings. The number of allylic oxidation sites excluding steroid dienone is 1. The second-order valence-corrected chi connectivity index (χ2v) is 8.64. The Morgan fingerprint density at radius 1 is 1.25 bits per heavy atom. The zero-order valence-corrected chi connectivity index (χ0v) is 17.8. The fourth-order valence-corrected chi connectivity index (χ4v) is 4.18. The van der Waals surface area contributed by atoms with Gasteiger partial charge in [-0.3, -0.25) is 10.1 Å². The summed E-state index contributed by atoms with van der Waals surface area (Å²) >= 11 is 1.21. The summed E-state index contributed by atoms with van der Waals surface area (Å²) in [4.78, 5) is 14.8. The van der Waals surface area contributed by atoms with Crippen LogP contribution in [0.3, 0.4) is 0 Å². The van der Waals surface area contributed by atoms with Crippen molar-refractivity contribution < 1.29 is 13.3 Å². The molecule has 5 N–H and O–H groups in total. The molecule has 3 aromatic rings. The molecule has 0 aliphatic carbocycles. The molecule has 0 unspecified atom stereocenters. The van der Waals surface area contributed by atoms with E-state index in [0.717, 1.165) is 0 Å². The van der Waals surface area contributed by atoms with Crippen molar-refractivity contribution in [3.05, 3.63) is 75.2 Å². The molecule has 0 radical (unpaired) electrons. The average molecular weight is 470 g/mol. The van der Waals surface area contributed by atoms with Crippen molar-refractivity contribution in [1.29, 1.82) is 5.26 Å². The molecule has 0 saturated carbocycles. The number of nitrogens with one attached hydrogen (secondary N) is 1. The highest BCUT2D eigenvalue weighted by Gasteiger charge is 2.14. The summed E-state index contributed by atoms with van der Waals surface area (Å²) < 4.78 is 27.1. The van der Waals surface area contributed by atoms with E-state index in [0.29, 0.717) is 22.0 Å². The molecular weight excluding hydrogens is 454 g/mol. The van der Waals surface area contributed by atoms with Crippen molar-refractivity contribution in [2.24, 2.45) is 15.9 Å². The van der Waals surface area contributed by atoms with Gasteiger partial charge in [-0.15, -0.1) is 15.7 Å². The second kappa shape index (κ2) is 9.25. The summed E-state index contributed by atoms with van der Waals surface area (Å²) in [6.07, 6.45) is 1.43. The minimum absolute atomic E-state index is 0.0555. The molecule has 3 rings (SSSR count). The van der Waals surface area contributed by atoms with Gasteiger partial charge in [0.05, 0.1) is 15.5 Å². The van der Waals surface area contributed by atoms with Crippen LogP contribution in [0.2, 0.25) is 0 Å². The number of nitriles is 1. The first kappa shape index (κ1) is 22.4. The Hall–Kier alpha value is -4.28. The van der Waals surface area contributed by atoms with Crippen LogP contribution in [0.4, 0.5) is 11.4 Å². The first-order chi connectivity index (χ1) is 15.2. The maximum atomic E-state index is 12.0. The fraction of sp³-hybridized carbons (Fsp3) is 0. The summed E-state index contributed by atoms with van der Waals surface area (Å²) in [5.74, 6) is -0.568. The number of hydrogen-bond acceptors (Lipinski definition) is 8. The zero-order valence-electron chi connectivity index (χ0n) is 16.2. The number of nitrogens with two attached hydrogens (primary N) is 2. The molecule has 2 aromatic carbocycles. The normalized spacial score (nSPS) is 11.4. The number of aromatic nitrogens is 1. The number of nitro benzene ring substituents is 1. The van der Waals surface area contributed by atoms with Gasteiger partial charge in [0.1, 0.15) is 16.6 Å². The van der Waals surface area contributed by atoms with Crippen LogP contribution in [0.5, 0.6) is 0 Å². The molecule has 13 heteroatoms. The van der Waals surface area contributed by atoms with Crippen molar-refractivity contribution in [2.75, 3.05) is 5.32 Å². The predicted octanol–water partition coefficient (Wildman–Crippen LogP) is 2.66. The maximum Gasteiger partial charge on any atom is 0.285 e. The standard InChI is InChI=1S/C19H15N7O4S2/c20-9-13(10-23-14-4-6-16(7-5-14)32(29,30)25-19(21)22)18-24-17(11-31-18)12-2-1-3-15(8-12)26(27)28/h1-8,10-11,23H,(H4,21,22,25)/b13-10-. The third-order valence-corrected chi connectivity index (χ3v) is 6.16. The molecule has 0 aliphatic heterocycles. The largest absolute Gasteiger partial charge is 0.369 e. The van der Waals surface area contributed by atoms with E-state index in [-0.39, 0.29) is 16.2 Å². The van der Waals surface area contributed by atoms with Crippen molar-refractivity contribution in [3.63, 3.8) is 0 Å². The number of rotatable bonds is 7. The van der Waals surface area contributed by atoms with Crippen LogP contribution in [0.15, 0.2) is 69.4 Å². The van der Waals surface area contributed by atoms with Gasteiger partial charge in [-0.1, -0.05) is 12.1 Å². The van der Waals surface area contributed by atoms with Crippen molar-refractivity contribution in [3.8, 4) is 17.3 Å². The third-order valence-electron chi connectivity index (χ3n) is 3.97. The molecule has 0 spiro atoms. The Morgan fingerprint density at radius 3 is 2.59 bits per heavy atom. The lowest BCUT2D eigenvalue weighted by atomic mass is 10.1. The first-order valence-corrected chi connectivity index (χ1v) is 11.0. The molecule has 162 valence electrons. The predicted molar refractivity (Wildman–Crippen MR) is 121 cm³/mol. The molecule has 0 bridgehead atoms. The first-order valence-electron chi connectivity index (χ1n) is 8.73. The molecule has 1 aromatic heterocycles. The SMILES string of the molecule is N#C/C(=C/Nc1ccc(S(=O)(=O)N=C(N)N)cc1)c1nc(-c2cccc([N+](=O)[O-])c2)cs1. The molecular formula is C19H15N7O4S2. The number of sulfonamides is 1. The number of non-ortho nitro benzene ring substituents is 1. The van der Waals surface area contributed by atoms with E-state index in [2.05, 4.69) is 14.7 Å². The topological polar surface area (TPSA) is 190 Å². The van der Waals surface area contributed by atoms with Crippen LogP contribution in [-0.4, -0.2) is 24.3 Å². The highest BCUT2D eigenvalue weighted by molar-refractivity contribution is 7.90. The molecule has 0 amide bonds. The number of anilines is 1. The Kier molecular flexibility index (Phi) is 6.47. The molecule has 0 saturated heterocycles. The minimum atomic E-state index is -4.00. The van der Waals surface area contributed by atoms with E-state index in [1.807, 2.05) is 6.07 Å². The smallest absolute Gasteiger partial charge is 0.285 e. The van der Waals surface area contributed by atoms with E-state index in [1.54, 1.807) is 17.5 Å². The van der Waals surface area contributed by atoms with Crippen molar-refractivity contribution in [2.45, 2.75) is 4.90 Å². The molecule has 11 nitrogen and oxygen atoms in total. The molecule has 1 heterocycles. The van der Waals surface area contributed by atoms with Crippen LogP contribution in [0.25, 0.3) is 16.8 Å². The van der Waals surface area contributed by atoms with Gasteiger partial charge < -0.3 is 16.8 Å². The number of nitro groups is 1. The van der Waals surface area contributed by atoms with Crippen LogP contribution in [-0.2, 0) is 10.0 Å². The number of thiazole rings is 1. The van der Waals surface area contributed by atoms with Gasteiger partial charge >= 0.3 is 0 Å². The Balaban J connectivity index is 1.79. The number of benzene rings is 2. The summed E-state index contributed by atoms with van der Waals surface area (Å²) in [5.41, 5.74) is 12.0. The summed E-state index contributed by atoms with van der Waals surface area (Å²) in [5, 5.41) is 25.5. The summed E-state index contributed by atoms with van der Waals surface area (Å²) in [7, 11) is -4.00. The second-order valence-electron chi connectivity index (χ2n) is 6.18. The van der Waals surface area contributed by atoms with Crippen molar-refractivity contribution in [1.82, 2.24) is 4.98 Å². The summed E-state index contributed by atoms with van der Waals surface area (Å²) in [6.45, 7) is 0. The Labute approximate surface area is 186 Å². The van der Waals surface area contributed by atoms with Crippen LogP contribution in [0.1, 0.15) is 5.01 Å². The van der Waals surface area contributed by atoms with Gasteiger partial charge in [0.2, 0.25) is 5.96 Å². The lowest BCUT2D eigenvalue weighted by molar-refractivity contribution is -0.384. The van der Waals surface area contributed by atoms with Gasteiger partial charge in [0.15, 0.2) is 0 Å². The number of guanidine groups is 1. The quantitative estimate of drug-likeness (QED) is 0.153.